The summed E-state index contributed by atoms with van der Waals surface area (Å²) in [5, 5.41) is 2.77. The SMILES string of the molecule is CCOC(=O)CCc1ccc(C=CC(=O)Nc2ccc3nccnc3c2)o1. The fraction of sp³-hybridized carbons (Fsp3) is 0.200. The van der Waals surface area contributed by atoms with Crippen LogP contribution in [0, 0.1) is 0 Å². The van der Waals surface area contributed by atoms with Gasteiger partial charge in [0.25, 0.3) is 0 Å². The molecular formula is C20H19N3O4. The number of amides is 1. The topological polar surface area (TPSA) is 94.3 Å². The van der Waals surface area contributed by atoms with Crippen molar-refractivity contribution in [1.82, 2.24) is 9.97 Å². The molecular weight excluding hydrogens is 346 g/mol. The monoisotopic (exact) mass is 365 g/mol. The quantitative estimate of drug-likeness (QED) is 0.509. The standard InChI is InChI=1S/C20H19N3O4/c1-2-26-20(25)10-7-16-5-4-15(27-16)6-9-19(24)23-14-3-8-17-18(13-14)22-12-11-21-17/h3-6,8-9,11-13H,2,7,10H2,1H3,(H,23,24). The highest BCUT2D eigenvalue weighted by Gasteiger charge is 2.06. The number of rotatable bonds is 7. The van der Waals surface area contributed by atoms with Gasteiger partial charge in [-0.3, -0.25) is 19.6 Å². The maximum absolute atomic E-state index is 12.1. The van der Waals surface area contributed by atoms with Gasteiger partial charge in [0.15, 0.2) is 0 Å². The van der Waals surface area contributed by atoms with E-state index in [0.29, 0.717) is 35.8 Å². The van der Waals surface area contributed by atoms with Gasteiger partial charge in [-0.15, -0.1) is 0 Å². The predicted octanol–water partition coefficient (Wildman–Crippen LogP) is 3.37. The van der Waals surface area contributed by atoms with Gasteiger partial charge in [0.05, 0.1) is 24.1 Å². The third kappa shape index (κ3) is 5.24. The van der Waals surface area contributed by atoms with E-state index >= 15 is 0 Å². The van der Waals surface area contributed by atoms with E-state index < -0.39 is 0 Å². The Labute approximate surface area is 156 Å². The highest BCUT2D eigenvalue weighted by molar-refractivity contribution is 6.02. The lowest BCUT2D eigenvalue weighted by Crippen LogP contribution is -2.07. The van der Waals surface area contributed by atoms with Crippen molar-refractivity contribution < 1.29 is 18.7 Å². The second-order valence-electron chi connectivity index (χ2n) is 5.69. The summed E-state index contributed by atoms with van der Waals surface area (Å²) >= 11 is 0. The molecule has 1 amide bonds. The average Bonchev–Trinajstić information content (AvgIpc) is 3.13. The van der Waals surface area contributed by atoms with Crippen molar-refractivity contribution in [3.05, 3.63) is 60.3 Å². The van der Waals surface area contributed by atoms with E-state index in [1.807, 2.05) is 0 Å². The number of esters is 1. The summed E-state index contributed by atoms with van der Waals surface area (Å²) in [4.78, 5) is 31.8. The number of nitrogens with one attached hydrogen (secondary N) is 1. The number of carbonyl (C=O) groups excluding carboxylic acids is 2. The molecule has 0 saturated carbocycles. The van der Waals surface area contributed by atoms with E-state index in [1.165, 1.54) is 6.08 Å². The third-order valence-corrected chi connectivity index (χ3v) is 3.70. The van der Waals surface area contributed by atoms with Crippen molar-refractivity contribution in [2.24, 2.45) is 0 Å². The normalized spacial score (nSPS) is 11.0. The van der Waals surface area contributed by atoms with Crippen molar-refractivity contribution in [3.63, 3.8) is 0 Å². The molecule has 3 rings (SSSR count). The maximum Gasteiger partial charge on any atom is 0.306 e. The Kier molecular flexibility index (Phi) is 5.94. The minimum atomic E-state index is -0.289. The first-order chi connectivity index (χ1) is 13.1. The van der Waals surface area contributed by atoms with Crippen LogP contribution in [0.15, 0.2) is 53.2 Å². The number of hydrogen-bond acceptors (Lipinski definition) is 6. The lowest BCUT2D eigenvalue weighted by Gasteiger charge is -2.03. The van der Waals surface area contributed by atoms with Crippen molar-refractivity contribution in [2.75, 3.05) is 11.9 Å². The summed E-state index contributed by atoms with van der Waals surface area (Å²) in [6.07, 6.45) is 6.89. The molecule has 1 aromatic carbocycles. The van der Waals surface area contributed by atoms with E-state index in [4.69, 9.17) is 9.15 Å². The van der Waals surface area contributed by atoms with Gasteiger partial charge in [0.1, 0.15) is 11.5 Å². The molecule has 0 fully saturated rings. The van der Waals surface area contributed by atoms with Crippen LogP contribution in [0.5, 0.6) is 0 Å². The Morgan fingerprint density at radius 2 is 1.96 bits per heavy atom. The molecule has 27 heavy (non-hydrogen) atoms. The van der Waals surface area contributed by atoms with Crippen LogP contribution in [0.3, 0.4) is 0 Å². The molecule has 0 aliphatic rings. The Hall–Kier alpha value is -3.48. The zero-order valence-electron chi connectivity index (χ0n) is 14.8. The van der Waals surface area contributed by atoms with Gasteiger partial charge in [0.2, 0.25) is 5.91 Å². The van der Waals surface area contributed by atoms with E-state index in [-0.39, 0.29) is 18.3 Å². The van der Waals surface area contributed by atoms with Crippen LogP contribution >= 0.6 is 0 Å². The number of furan rings is 1. The molecule has 0 saturated heterocycles. The highest BCUT2D eigenvalue weighted by Crippen LogP contribution is 2.16. The van der Waals surface area contributed by atoms with E-state index in [0.717, 1.165) is 5.52 Å². The molecule has 0 spiro atoms. The minimum Gasteiger partial charge on any atom is -0.466 e. The lowest BCUT2D eigenvalue weighted by molar-refractivity contribution is -0.143. The Morgan fingerprint density at radius 1 is 1.15 bits per heavy atom. The van der Waals surface area contributed by atoms with Crippen LogP contribution in [-0.2, 0) is 20.7 Å². The van der Waals surface area contributed by atoms with Gasteiger partial charge < -0.3 is 14.5 Å². The molecule has 138 valence electrons. The number of carbonyl (C=O) groups is 2. The third-order valence-electron chi connectivity index (χ3n) is 3.70. The predicted molar refractivity (Wildman–Crippen MR) is 101 cm³/mol. The van der Waals surface area contributed by atoms with Crippen LogP contribution < -0.4 is 5.32 Å². The first-order valence-corrected chi connectivity index (χ1v) is 8.58. The van der Waals surface area contributed by atoms with Crippen molar-refractivity contribution in [2.45, 2.75) is 19.8 Å². The maximum atomic E-state index is 12.1. The van der Waals surface area contributed by atoms with E-state index in [1.54, 1.807) is 55.7 Å². The molecule has 7 heteroatoms. The summed E-state index contributed by atoms with van der Waals surface area (Å²) < 4.78 is 10.5. The lowest BCUT2D eigenvalue weighted by atomic mass is 10.2. The smallest absolute Gasteiger partial charge is 0.306 e. The summed E-state index contributed by atoms with van der Waals surface area (Å²) in [6.45, 7) is 2.13. The molecule has 1 N–H and O–H groups in total. The number of nitrogens with zero attached hydrogens (tertiary/aromatic N) is 2. The van der Waals surface area contributed by atoms with E-state index in [2.05, 4.69) is 15.3 Å². The Morgan fingerprint density at radius 3 is 2.78 bits per heavy atom. The molecule has 0 aliphatic carbocycles. The zero-order chi connectivity index (χ0) is 19.1. The van der Waals surface area contributed by atoms with Gasteiger partial charge in [-0.2, -0.15) is 0 Å². The molecule has 0 atom stereocenters. The molecule has 0 aliphatic heterocycles. The molecule has 2 heterocycles. The van der Waals surface area contributed by atoms with Gasteiger partial charge in [-0.05, 0) is 43.3 Å². The molecule has 0 unspecified atom stereocenters. The molecule has 0 bridgehead atoms. The number of aromatic nitrogens is 2. The average molecular weight is 365 g/mol. The second kappa shape index (κ2) is 8.75. The second-order valence-corrected chi connectivity index (χ2v) is 5.69. The van der Waals surface area contributed by atoms with Crippen molar-refractivity contribution in [3.8, 4) is 0 Å². The largest absolute Gasteiger partial charge is 0.466 e. The van der Waals surface area contributed by atoms with Gasteiger partial charge in [-0.1, -0.05) is 0 Å². The highest BCUT2D eigenvalue weighted by atomic mass is 16.5. The number of hydrogen-bond donors (Lipinski definition) is 1. The number of anilines is 1. The number of fused-ring (bicyclic) bond motifs is 1. The van der Waals surface area contributed by atoms with Gasteiger partial charge >= 0.3 is 5.97 Å². The van der Waals surface area contributed by atoms with Crippen LogP contribution in [-0.4, -0.2) is 28.5 Å². The molecule has 2 aromatic heterocycles. The van der Waals surface area contributed by atoms with Gasteiger partial charge in [0, 0.05) is 30.6 Å². The van der Waals surface area contributed by atoms with Crippen LogP contribution in [0.1, 0.15) is 24.9 Å². The number of benzene rings is 1. The van der Waals surface area contributed by atoms with Crippen LogP contribution in [0.25, 0.3) is 17.1 Å². The fourth-order valence-corrected chi connectivity index (χ4v) is 2.46. The summed E-state index contributed by atoms with van der Waals surface area (Å²) in [5.41, 5.74) is 2.10. The van der Waals surface area contributed by atoms with Gasteiger partial charge in [-0.25, -0.2) is 0 Å². The number of aryl methyl sites for hydroxylation is 1. The summed E-state index contributed by atoms with van der Waals surface area (Å²) in [5.74, 6) is 0.651. The van der Waals surface area contributed by atoms with Crippen molar-refractivity contribution >= 4 is 34.7 Å². The van der Waals surface area contributed by atoms with Crippen LogP contribution in [0.2, 0.25) is 0 Å². The first-order valence-electron chi connectivity index (χ1n) is 8.58. The summed E-state index contributed by atoms with van der Waals surface area (Å²) in [7, 11) is 0. The molecule has 0 radical (unpaired) electrons. The summed E-state index contributed by atoms with van der Waals surface area (Å²) in [6, 6.07) is 8.84. The zero-order valence-corrected chi connectivity index (χ0v) is 14.8. The van der Waals surface area contributed by atoms with E-state index in [9.17, 15) is 9.59 Å². The minimum absolute atomic E-state index is 0.259. The Balaban J connectivity index is 1.55. The van der Waals surface area contributed by atoms with Crippen LogP contribution in [0.4, 0.5) is 5.69 Å². The number of ether oxygens (including phenoxy) is 1. The first kappa shape index (κ1) is 18.3. The van der Waals surface area contributed by atoms with Crippen molar-refractivity contribution in [1.29, 1.82) is 0 Å². The fourth-order valence-electron chi connectivity index (χ4n) is 2.46. The molecule has 3 aromatic rings. The Bertz CT molecular complexity index is 978. The molecule has 7 nitrogen and oxygen atoms in total.